The van der Waals surface area contributed by atoms with Crippen LogP contribution in [0.15, 0.2) is 17.7 Å². The minimum atomic E-state index is -0.337. The molecule has 1 atom stereocenters. The third kappa shape index (κ3) is 4.18. The molecule has 1 fully saturated rings. The van der Waals surface area contributed by atoms with Crippen molar-refractivity contribution in [3.05, 3.63) is 29.0 Å². The van der Waals surface area contributed by atoms with Gasteiger partial charge in [-0.05, 0) is 20.8 Å². The maximum atomic E-state index is 11.9. The fraction of sp³-hybridized carbons (Fsp3) is 0.643. The van der Waals surface area contributed by atoms with E-state index in [1.54, 1.807) is 13.2 Å². The zero-order chi connectivity index (χ0) is 17.0. The molecule has 9 nitrogen and oxygen atoms in total. The Kier molecular flexibility index (Phi) is 4.83. The zero-order valence-corrected chi connectivity index (χ0v) is 13.8. The Morgan fingerprint density at radius 2 is 2.22 bits per heavy atom. The molecular formula is C14H21N7O2. The Morgan fingerprint density at radius 1 is 1.48 bits per heavy atom. The van der Waals surface area contributed by atoms with E-state index in [9.17, 15) is 5.21 Å². The topological polar surface area (TPSA) is 84.3 Å². The summed E-state index contributed by atoms with van der Waals surface area (Å²) in [4.78, 5) is 19.2. The fourth-order valence-corrected chi connectivity index (χ4v) is 1.98. The molecule has 0 amide bonds. The Hall–Kier alpha value is -2.63. The van der Waals surface area contributed by atoms with Crippen LogP contribution in [0.3, 0.4) is 0 Å². The number of anilines is 1. The van der Waals surface area contributed by atoms with Gasteiger partial charge in [-0.1, -0.05) is 6.57 Å². The highest BCUT2D eigenvalue weighted by atomic mass is 16.7. The molecule has 1 aliphatic rings. The molecule has 0 N–H and O–H groups in total. The highest BCUT2D eigenvalue weighted by molar-refractivity contribution is 5.42. The molecule has 0 unspecified atom stereocenters. The Balaban J connectivity index is 1.91. The molecule has 9 heteroatoms. The number of hydrogen-bond acceptors (Lipinski definition) is 6. The SMILES string of the molecule is [C-]#[N+]c1cnc(N2CC[C@@H](O/N=[N+](/[O-])N(C)C(C)(C)C)C2)cn1. The van der Waals surface area contributed by atoms with Gasteiger partial charge < -0.3 is 19.8 Å². The standard InChI is InChI=1S/C14H21N7O2/c1-14(2,3)19(5)21(22)18-23-11-6-7-20(10-11)13-9-16-12(15-4)8-17-13/h8-9,11H,6-7,10H2,1-3,5H3/b21-18+/t11-/m1/s1. The lowest BCUT2D eigenvalue weighted by atomic mass is 10.1. The van der Waals surface area contributed by atoms with Crippen molar-refractivity contribution in [1.82, 2.24) is 15.0 Å². The van der Waals surface area contributed by atoms with E-state index >= 15 is 0 Å². The predicted molar refractivity (Wildman–Crippen MR) is 83.6 cm³/mol. The lowest BCUT2D eigenvalue weighted by Crippen LogP contribution is -2.42. The lowest BCUT2D eigenvalue weighted by molar-refractivity contribution is -0.720. The molecule has 0 aliphatic carbocycles. The van der Waals surface area contributed by atoms with Crippen LogP contribution in [0.4, 0.5) is 11.6 Å². The molecule has 1 aromatic heterocycles. The first-order valence-electron chi connectivity index (χ1n) is 7.33. The van der Waals surface area contributed by atoms with Crippen LogP contribution >= 0.6 is 0 Å². The summed E-state index contributed by atoms with van der Waals surface area (Å²) in [6.07, 6.45) is 3.57. The summed E-state index contributed by atoms with van der Waals surface area (Å²) in [5, 5.41) is 16.9. The van der Waals surface area contributed by atoms with Crippen molar-refractivity contribution < 1.29 is 9.81 Å². The van der Waals surface area contributed by atoms with Crippen molar-refractivity contribution in [2.24, 2.45) is 5.28 Å². The third-order valence-electron chi connectivity index (χ3n) is 3.70. The van der Waals surface area contributed by atoms with Crippen LogP contribution in [-0.4, -0.2) is 51.7 Å². The second-order valence-corrected chi connectivity index (χ2v) is 6.34. The minimum Gasteiger partial charge on any atom is -0.569 e. The van der Waals surface area contributed by atoms with Crippen molar-refractivity contribution in [1.29, 1.82) is 0 Å². The van der Waals surface area contributed by atoms with Gasteiger partial charge in [-0.3, -0.25) is 0 Å². The van der Waals surface area contributed by atoms with E-state index < -0.39 is 0 Å². The van der Waals surface area contributed by atoms with E-state index in [-0.39, 0.29) is 17.5 Å². The second-order valence-electron chi connectivity index (χ2n) is 6.34. The molecule has 0 aromatic carbocycles. The second kappa shape index (κ2) is 6.64. The number of nitrogens with zero attached hydrogens (tertiary/aromatic N) is 7. The van der Waals surface area contributed by atoms with Gasteiger partial charge in [-0.2, -0.15) is 0 Å². The predicted octanol–water partition coefficient (Wildman–Crippen LogP) is 2.15. The molecule has 2 rings (SSSR count). The van der Waals surface area contributed by atoms with Crippen LogP contribution in [-0.2, 0) is 4.84 Å². The normalized spacial score (nSPS) is 18.7. The minimum absolute atomic E-state index is 0.179. The van der Waals surface area contributed by atoms with Gasteiger partial charge in [-0.25, -0.2) is 4.98 Å². The largest absolute Gasteiger partial charge is 0.569 e. The van der Waals surface area contributed by atoms with Crippen LogP contribution in [0.25, 0.3) is 4.85 Å². The van der Waals surface area contributed by atoms with Crippen molar-refractivity contribution in [2.75, 3.05) is 25.0 Å². The van der Waals surface area contributed by atoms with E-state index in [1.165, 1.54) is 11.2 Å². The van der Waals surface area contributed by atoms with Gasteiger partial charge in [0.1, 0.15) is 0 Å². The summed E-state index contributed by atoms with van der Waals surface area (Å²) in [5.41, 5.74) is -0.337. The van der Waals surface area contributed by atoms with Gasteiger partial charge in [0.05, 0.1) is 30.3 Å². The monoisotopic (exact) mass is 319 g/mol. The molecule has 1 saturated heterocycles. The van der Waals surface area contributed by atoms with Gasteiger partial charge in [-0.15, -0.1) is 9.99 Å². The zero-order valence-electron chi connectivity index (χ0n) is 13.8. The third-order valence-corrected chi connectivity index (χ3v) is 3.70. The van der Waals surface area contributed by atoms with Gasteiger partial charge in [0.15, 0.2) is 18.1 Å². The van der Waals surface area contributed by atoms with E-state index in [0.717, 1.165) is 13.0 Å². The summed E-state index contributed by atoms with van der Waals surface area (Å²) in [7, 11) is 1.66. The van der Waals surface area contributed by atoms with Crippen LogP contribution in [0.5, 0.6) is 0 Å². The van der Waals surface area contributed by atoms with Gasteiger partial charge in [0, 0.05) is 13.0 Å². The smallest absolute Gasteiger partial charge is 0.288 e. The van der Waals surface area contributed by atoms with Crippen molar-refractivity contribution in [3.8, 4) is 0 Å². The number of rotatable bonds is 4. The maximum absolute atomic E-state index is 11.9. The van der Waals surface area contributed by atoms with Crippen LogP contribution in [0, 0.1) is 11.8 Å². The van der Waals surface area contributed by atoms with E-state index in [0.29, 0.717) is 17.3 Å². The molecule has 1 aliphatic heterocycles. The average Bonchev–Trinajstić information content (AvgIpc) is 3.00. The summed E-state index contributed by atoms with van der Waals surface area (Å²) in [5.74, 6) is 0.956. The summed E-state index contributed by atoms with van der Waals surface area (Å²) >= 11 is 0. The van der Waals surface area contributed by atoms with Gasteiger partial charge >= 0.3 is 0 Å². The number of hydrogen-bond donors (Lipinski definition) is 0. The van der Waals surface area contributed by atoms with Crippen molar-refractivity contribution in [3.63, 3.8) is 0 Å². The Bertz CT molecular complexity index is 603. The number of hydrazine groups is 1. The van der Waals surface area contributed by atoms with Crippen LogP contribution < -0.4 is 4.90 Å². The number of aromatic nitrogens is 2. The molecule has 0 saturated carbocycles. The van der Waals surface area contributed by atoms with Crippen molar-refractivity contribution >= 4 is 11.6 Å². The average molecular weight is 319 g/mol. The first kappa shape index (κ1) is 16.7. The fourth-order valence-electron chi connectivity index (χ4n) is 1.98. The lowest BCUT2D eigenvalue weighted by Gasteiger charge is -2.26. The van der Waals surface area contributed by atoms with Crippen molar-refractivity contribution in [2.45, 2.75) is 38.8 Å². The molecular weight excluding hydrogens is 298 g/mol. The molecule has 2 heterocycles. The van der Waals surface area contributed by atoms with Crippen LogP contribution in [0.2, 0.25) is 0 Å². The maximum Gasteiger partial charge on any atom is 0.288 e. The van der Waals surface area contributed by atoms with Crippen LogP contribution in [0.1, 0.15) is 27.2 Å². The summed E-state index contributed by atoms with van der Waals surface area (Å²) in [6, 6.07) is 0. The molecule has 0 radical (unpaired) electrons. The Labute approximate surface area is 135 Å². The first-order valence-corrected chi connectivity index (χ1v) is 7.33. The molecule has 23 heavy (non-hydrogen) atoms. The summed E-state index contributed by atoms with van der Waals surface area (Å²) in [6.45, 7) is 13.9. The summed E-state index contributed by atoms with van der Waals surface area (Å²) < 4.78 is 0. The first-order chi connectivity index (χ1) is 10.8. The van der Waals surface area contributed by atoms with Gasteiger partial charge in [0.25, 0.3) is 5.82 Å². The Morgan fingerprint density at radius 3 is 2.78 bits per heavy atom. The molecule has 0 bridgehead atoms. The molecule has 1 aromatic rings. The quantitative estimate of drug-likeness (QED) is 0.366. The van der Waals surface area contributed by atoms with Gasteiger partial charge in [0.2, 0.25) is 5.28 Å². The van der Waals surface area contributed by atoms with E-state index in [4.69, 9.17) is 11.4 Å². The van der Waals surface area contributed by atoms with E-state index in [2.05, 4.69) is 20.1 Å². The highest BCUT2D eigenvalue weighted by Gasteiger charge is 2.28. The highest BCUT2D eigenvalue weighted by Crippen LogP contribution is 2.20. The van der Waals surface area contributed by atoms with E-state index in [1.807, 2.05) is 25.7 Å². The molecule has 0 spiro atoms. The molecule has 124 valence electrons.